The summed E-state index contributed by atoms with van der Waals surface area (Å²) in [6.07, 6.45) is 1.85. The molecule has 0 saturated carbocycles. The SMILES string of the molecule is [InH][S]c1cccc2cccnc12. The van der Waals surface area contributed by atoms with Crippen molar-refractivity contribution in [2.75, 3.05) is 0 Å². The van der Waals surface area contributed by atoms with Gasteiger partial charge in [-0.2, -0.15) is 0 Å². The maximum absolute atomic E-state index is 4.36. The second-order valence-electron chi connectivity index (χ2n) is 2.48. The van der Waals surface area contributed by atoms with Crippen LogP contribution in [-0.2, 0) is 0 Å². The molecule has 0 amide bonds. The third-order valence-corrected chi connectivity index (χ3v) is 5.05. The first-order valence-electron chi connectivity index (χ1n) is 3.67. The molecule has 0 saturated heterocycles. The van der Waals surface area contributed by atoms with Crippen LogP contribution in [0.1, 0.15) is 0 Å². The predicted molar refractivity (Wildman–Crippen MR) is 54.7 cm³/mol. The van der Waals surface area contributed by atoms with Gasteiger partial charge < -0.3 is 0 Å². The molecule has 1 radical (unpaired) electrons. The molecule has 1 aromatic carbocycles. The molecule has 0 aliphatic carbocycles. The molecule has 0 N–H and O–H groups in total. The predicted octanol–water partition coefficient (Wildman–Crippen LogP) is 2.14. The van der Waals surface area contributed by atoms with Gasteiger partial charge in [0, 0.05) is 0 Å². The van der Waals surface area contributed by atoms with Crippen LogP contribution in [0, 0.1) is 0 Å². The van der Waals surface area contributed by atoms with Gasteiger partial charge in [0.05, 0.1) is 0 Å². The molecule has 57 valence electrons. The van der Waals surface area contributed by atoms with E-state index in [9.17, 15) is 0 Å². The minimum atomic E-state index is 0.910. The molecule has 0 atom stereocenters. The van der Waals surface area contributed by atoms with E-state index in [1.807, 2.05) is 20.8 Å². The Morgan fingerprint density at radius 2 is 2.00 bits per heavy atom. The number of pyridine rings is 1. The van der Waals surface area contributed by atoms with Crippen LogP contribution in [0.25, 0.3) is 10.9 Å². The number of rotatable bonds is 1. The van der Waals surface area contributed by atoms with Gasteiger partial charge in [-0.3, -0.25) is 0 Å². The van der Waals surface area contributed by atoms with Gasteiger partial charge in [0.15, 0.2) is 0 Å². The van der Waals surface area contributed by atoms with Gasteiger partial charge >= 0.3 is 88.8 Å². The Morgan fingerprint density at radius 3 is 2.83 bits per heavy atom. The van der Waals surface area contributed by atoms with Gasteiger partial charge in [-0.05, 0) is 0 Å². The first kappa shape index (κ1) is 8.45. The maximum atomic E-state index is 4.36. The summed E-state index contributed by atoms with van der Waals surface area (Å²) in [7, 11) is 1.91. The second-order valence-corrected chi connectivity index (χ2v) is 5.68. The van der Waals surface area contributed by atoms with Crippen molar-refractivity contribution in [1.82, 2.24) is 4.98 Å². The number of hydrogen-bond acceptors (Lipinski definition) is 2. The van der Waals surface area contributed by atoms with Crippen molar-refractivity contribution in [1.29, 1.82) is 0 Å². The van der Waals surface area contributed by atoms with Crippen molar-refractivity contribution in [2.24, 2.45) is 0 Å². The van der Waals surface area contributed by atoms with Crippen LogP contribution in [-0.4, -0.2) is 27.9 Å². The number of fused-ring (bicyclic) bond motifs is 1. The Bertz CT molecular complexity index is 397. The summed E-state index contributed by atoms with van der Waals surface area (Å²) in [4.78, 5) is 5.68. The molecule has 2 aromatic rings. The first-order valence-corrected chi connectivity index (χ1v) is 9.60. The Labute approximate surface area is 88.4 Å². The molecule has 1 nitrogen and oxygen atoms in total. The summed E-state index contributed by atoms with van der Waals surface area (Å²) < 4.78 is 0. The van der Waals surface area contributed by atoms with Crippen molar-refractivity contribution in [2.45, 2.75) is 4.90 Å². The molecule has 3 heteroatoms. The van der Waals surface area contributed by atoms with Crippen molar-refractivity contribution in [3.8, 4) is 0 Å². The summed E-state index contributed by atoms with van der Waals surface area (Å²) in [6.45, 7) is 0. The number of nitrogens with zero attached hydrogens (tertiary/aromatic N) is 1. The summed E-state index contributed by atoms with van der Waals surface area (Å²) in [5.74, 6) is 0. The normalized spacial score (nSPS) is 10.3. The molecule has 12 heavy (non-hydrogen) atoms. The Morgan fingerprint density at radius 1 is 1.17 bits per heavy atom. The van der Waals surface area contributed by atoms with Crippen LogP contribution >= 0.6 is 8.59 Å². The molecular weight excluding hydrogens is 269 g/mol. The monoisotopic (exact) mass is 276 g/mol. The van der Waals surface area contributed by atoms with E-state index in [1.54, 1.807) is 0 Å². The average Bonchev–Trinajstić information content (AvgIpc) is 2.17. The van der Waals surface area contributed by atoms with E-state index in [-0.39, 0.29) is 0 Å². The van der Waals surface area contributed by atoms with Crippen molar-refractivity contribution in [3.63, 3.8) is 0 Å². The Balaban J connectivity index is 2.79. The summed E-state index contributed by atoms with van der Waals surface area (Å²) >= 11 is 0.910. The van der Waals surface area contributed by atoms with Crippen LogP contribution < -0.4 is 0 Å². The summed E-state index contributed by atoms with van der Waals surface area (Å²) in [5, 5.41) is 1.24. The quantitative estimate of drug-likeness (QED) is 0.791. The van der Waals surface area contributed by atoms with Crippen LogP contribution in [0.2, 0.25) is 0 Å². The van der Waals surface area contributed by atoms with Gasteiger partial charge in [0.1, 0.15) is 0 Å². The molecule has 0 spiro atoms. The zero-order valence-electron chi connectivity index (χ0n) is 6.53. The molecule has 2 rings (SSSR count). The van der Waals surface area contributed by atoms with Gasteiger partial charge in [0.2, 0.25) is 0 Å². The zero-order chi connectivity index (χ0) is 8.39. The molecule has 0 unspecified atom stereocenters. The van der Waals surface area contributed by atoms with Crippen LogP contribution in [0.5, 0.6) is 0 Å². The first-order chi connectivity index (χ1) is 5.92. The fourth-order valence-corrected chi connectivity index (χ4v) is 3.67. The van der Waals surface area contributed by atoms with Crippen LogP contribution in [0.15, 0.2) is 41.4 Å². The Kier molecular flexibility index (Phi) is 2.61. The molecule has 0 aliphatic rings. The average molecular weight is 276 g/mol. The summed E-state index contributed by atoms with van der Waals surface area (Å²) in [5.41, 5.74) is 1.15. The standard InChI is InChI=1S/C9H7NS.In.H/c11-8-5-1-3-7-4-2-6-10-9(7)8;;/h1-6,11H;;/q;+1;/p-1. The van der Waals surface area contributed by atoms with Crippen LogP contribution in [0.3, 0.4) is 0 Å². The van der Waals surface area contributed by atoms with E-state index in [4.69, 9.17) is 0 Å². The van der Waals surface area contributed by atoms with Crippen LogP contribution in [0.4, 0.5) is 0 Å². The summed E-state index contributed by atoms with van der Waals surface area (Å²) in [6, 6.07) is 10.4. The van der Waals surface area contributed by atoms with E-state index in [0.717, 1.165) is 28.4 Å². The van der Waals surface area contributed by atoms with Crippen molar-refractivity contribution in [3.05, 3.63) is 36.5 Å². The van der Waals surface area contributed by atoms with E-state index in [0.29, 0.717) is 0 Å². The number of aromatic nitrogens is 1. The van der Waals surface area contributed by atoms with Crippen molar-refractivity contribution < 1.29 is 0 Å². The number of hydrogen-bond donors (Lipinski definition) is 0. The molecule has 0 fully saturated rings. The van der Waals surface area contributed by atoms with Gasteiger partial charge in [-0.15, -0.1) is 0 Å². The van der Waals surface area contributed by atoms with Gasteiger partial charge in [0.25, 0.3) is 0 Å². The van der Waals surface area contributed by atoms with E-state index in [1.165, 1.54) is 10.3 Å². The fraction of sp³-hybridized carbons (Fsp3) is 0. The molecule has 0 aliphatic heterocycles. The van der Waals surface area contributed by atoms with E-state index < -0.39 is 0 Å². The van der Waals surface area contributed by atoms with Crippen molar-refractivity contribution >= 4 is 42.4 Å². The van der Waals surface area contributed by atoms with E-state index >= 15 is 0 Å². The van der Waals surface area contributed by atoms with E-state index in [2.05, 4.69) is 29.2 Å². The molecular formula is C9H7InNS. The topological polar surface area (TPSA) is 12.9 Å². The van der Waals surface area contributed by atoms with Gasteiger partial charge in [-0.25, -0.2) is 0 Å². The Hall–Kier alpha value is -0.150. The molecule has 0 bridgehead atoms. The molecule has 1 heterocycles. The fourth-order valence-electron chi connectivity index (χ4n) is 1.19. The minimum absolute atomic E-state index is 0.910. The second kappa shape index (κ2) is 3.71. The third-order valence-electron chi connectivity index (χ3n) is 1.75. The number of benzene rings is 1. The molecule has 1 aromatic heterocycles. The number of para-hydroxylation sites is 1. The third kappa shape index (κ3) is 1.48. The zero-order valence-corrected chi connectivity index (χ0v) is 11.4. The van der Waals surface area contributed by atoms with Gasteiger partial charge in [-0.1, -0.05) is 0 Å².